The average Bonchev–Trinajstić information content (AvgIpc) is 2.48. The number of nitrogens with zero attached hydrogens (tertiary/aromatic N) is 1. The van der Waals surface area contributed by atoms with Gasteiger partial charge in [-0.05, 0) is 30.7 Å². The molecule has 1 heterocycles. The molecule has 0 fully saturated rings. The first-order chi connectivity index (χ1) is 10.0. The summed E-state index contributed by atoms with van der Waals surface area (Å²) in [7, 11) is 1.47. The van der Waals surface area contributed by atoms with E-state index >= 15 is 0 Å². The van der Waals surface area contributed by atoms with Gasteiger partial charge in [-0.25, -0.2) is 9.37 Å². The van der Waals surface area contributed by atoms with Gasteiger partial charge in [0.1, 0.15) is 16.7 Å². The van der Waals surface area contributed by atoms with E-state index in [1.807, 2.05) is 6.92 Å². The number of anilines is 1. The summed E-state index contributed by atoms with van der Waals surface area (Å²) in [5.41, 5.74) is 1.07. The molecule has 0 saturated heterocycles. The molecule has 1 aromatic carbocycles. The Balaban J connectivity index is 2.27. The van der Waals surface area contributed by atoms with Crippen LogP contribution >= 0.6 is 11.6 Å². The van der Waals surface area contributed by atoms with Gasteiger partial charge < -0.3 is 10.1 Å². The molecule has 0 atom stereocenters. The first-order valence-electron chi connectivity index (χ1n) is 6.35. The number of benzene rings is 1. The number of amides is 1. The molecule has 0 unspecified atom stereocenters. The molecule has 0 aliphatic heterocycles. The Bertz CT molecular complexity index is 677. The molecule has 21 heavy (non-hydrogen) atoms. The fraction of sp³-hybridized carbons (Fsp3) is 0.200. The summed E-state index contributed by atoms with van der Waals surface area (Å²) in [5.74, 6) is -0.546. The SMILES string of the molecule is CCc1cc(C(=O)Nc2cc(OC)ccc2F)cc(Cl)n1. The van der Waals surface area contributed by atoms with Crippen molar-refractivity contribution >= 4 is 23.2 Å². The summed E-state index contributed by atoms with van der Waals surface area (Å²) in [6.45, 7) is 1.90. The van der Waals surface area contributed by atoms with E-state index in [0.717, 1.165) is 0 Å². The molecule has 1 N–H and O–H groups in total. The lowest BCUT2D eigenvalue weighted by molar-refractivity contribution is 0.102. The number of aryl methyl sites for hydroxylation is 1. The van der Waals surface area contributed by atoms with Gasteiger partial charge in [0.25, 0.3) is 5.91 Å². The van der Waals surface area contributed by atoms with Crippen LogP contribution in [0, 0.1) is 5.82 Å². The smallest absolute Gasteiger partial charge is 0.255 e. The van der Waals surface area contributed by atoms with Gasteiger partial charge in [-0.15, -0.1) is 0 Å². The number of ether oxygens (including phenoxy) is 1. The van der Waals surface area contributed by atoms with E-state index < -0.39 is 11.7 Å². The molecule has 0 spiro atoms. The zero-order valence-electron chi connectivity index (χ0n) is 11.6. The van der Waals surface area contributed by atoms with E-state index in [0.29, 0.717) is 23.4 Å². The summed E-state index contributed by atoms with van der Waals surface area (Å²) >= 11 is 5.87. The van der Waals surface area contributed by atoms with Crippen LogP contribution in [-0.4, -0.2) is 18.0 Å². The van der Waals surface area contributed by atoms with Gasteiger partial charge in [-0.1, -0.05) is 18.5 Å². The van der Waals surface area contributed by atoms with Crippen molar-refractivity contribution in [3.63, 3.8) is 0 Å². The zero-order chi connectivity index (χ0) is 15.4. The van der Waals surface area contributed by atoms with Gasteiger partial charge in [0.2, 0.25) is 0 Å². The van der Waals surface area contributed by atoms with E-state index in [-0.39, 0.29) is 10.8 Å². The maximum atomic E-state index is 13.7. The molecule has 1 amide bonds. The van der Waals surface area contributed by atoms with E-state index in [1.165, 1.54) is 31.4 Å². The number of aromatic nitrogens is 1. The number of halogens is 2. The number of carbonyl (C=O) groups is 1. The van der Waals surface area contributed by atoms with Crippen LogP contribution < -0.4 is 10.1 Å². The number of hydrogen-bond acceptors (Lipinski definition) is 3. The van der Waals surface area contributed by atoms with Gasteiger partial charge in [0.15, 0.2) is 0 Å². The number of methoxy groups -OCH3 is 1. The van der Waals surface area contributed by atoms with Crippen LogP contribution in [0.4, 0.5) is 10.1 Å². The van der Waals surface area contributed by atoms with Crippen molar-refractivity contribution in [2.75, 3.05) is 12.4 Å². The zero-order valence-corrected chi connectivity index (χ0v) is 12.4. The molecule has 4 nitrogen and oxygen atoms in total. The minimum absolute atomic E-state index is 0.0466. The predicted octanol–water partition coefficient (Wildman–Crippen LogP) is 3.70. The minimum Gasteiger partial charge on any atom is -0.497 e. The Morgan fingerprint density at radius 2 is 2.14 bits per heavy atom. The van der Waals surface area contributed by atoms with Gasteiger partial charge in [0.05, 0.1) is 12.8 Å². The monoisotopic (exact) mass is 308 g/mol. The van der Waals surface area contributed by atoms with Crippen molar-refractivity contribution < 1.29 is 13.9 Å². The van der Waals surface area contributed by atoms with E-state index in [2.05, 4.69) is 10.3 Å². The lowest BCUT2D eigenvalue weighted by atomic mass is 10.2. The van der Waals surface area contributed by atoms with Crippen LogP contribution in [-0.2, 0) is 6.42 Å². The standard InChI is InChI=1S/C15H14ClFN2O2/c1-3-10-6-9(7-14(16)18-10)15(20)19-13-8-11(21-2)4-5-12(13)17/h4-8H,3H2,1-2H3,(H,19,20). The molecule has 0 radical (unpaired) electrons. The highest BCUT2D eigenvalue weighted by Crippen LogP contribution is 2.22. The highest BCUT2D eigenvalue weighted by atomic mass is 35.5. The van der Waals surface area contributed by atoms with Crippen LogP contribution in [0.15, 0.2) is 30.3 Å². The summed E-state index contributed by atoms with van der Waals surface area (Å²) in [4.78, 5) is 16.3. The molecule has 0 aliphatic carbocycles. The Kier molecular flexibility index (Phi) is 4.75. The summed E-state index contributed by atoms with van der Waals surface area (Å²) in [6, 6.07) is 7.18. The number of rotatable bonds is 4. The molecular formula is C15H14ClFN2O2. The molecule has 110 valence electrons. The number of pyridine rings is 1. The molecule has 6 heteroatoms. The Morgan fingerprint density at radius 1 is 1.38 bits per heavy atom. The van der Waals surface area contributed by atoms with Crippen molar-refractivity contribution in [2.24, 2.45) is 0 Å². The predicted molar refractivity (Wildman–Crippen MR) is 79.5 cm³/mol. The van der Waals surface area contributed by atoms with E-state index in [9.17, 15) is 9.18 Å². The quantitative estimate of drug-likeness (QED) is 0.876. The Labute approximate surface area is 126 Å². The van der Waals surface area contributed by atoms with Crippen molar-refractivity contribution in [3.8, 4) is 5.75 Å². The van der Waals surface area contributed by atoms with Crippen molar-refractivity contribution in [1.29, 1.82) is 0 Å². The highest BCUT2D eigenvalue weighted by Gasteiger charge is 2.12. The number of nitrogens with one attached hydrogen (secondary N) is 1. The van der Waals surface area contributed by atoms with Crippen molar-refractivity contribution in [2.45, 2.75) is 13.3 Å². The Hall–Kier alpha value is -2.14. The highest BCUT2D eigenvalue weighted by molar-refractivity contribution is 6.29. The first-order valence-corrected chi connectivity index (χ1v) is 6.72. The summed E-state index contributed by atoms with van der Waals surface area (Å²) in [6.07, 6.45) is 0.647. The van der Waals surface area contributed by atoms with Gasteiger partial charge in [-0.3, -0.25) is 4.79 Å². The molecule has 0 aliphatic rings. The fourth-order valence-corrected chi connectivity index (χ4v) is 2.01. The Morgan fingerprint density at radius 3 is 2.81 bits per heavy atom. The second-order valence-electron chi connectivity index (χ2n) is 4.32. The summed E-state index contributed by atoms with van der Waals surface area (Å²) in [5, 5.41) is 2.73. The maximum absolute atomic E-state index is 13.7. The van der Waals surface area contributed by atoms with Crippen LogP contribution in [0.25, 0.3) is 0 Å². The largest absolute Gasteiger partial charge is 0.497 e. The van der Waals surface area contributed by atoms with Crippen LogP contribution in [0.2, 0.25) is 5.15 Å². The fourth-order valence-electron chi connectivity index (χ4n) is 1.79. The van der Waals surface area contributed by atoms with Gasteiger partial charge in [0, 0.05) is 17.3 Å². The second-order valence-corrected chi connectivity index (χ2v) is 4.71. The van der Waals surface area contributed by atoms with E-state index in [1.54, 1.807) is 6.07 Å². The van der Waals surface area contributed by atoms with Crippen molar-refractivity contribution in [3.05, 3.63) is 52.6 Å². The number of carbonyl (C=O) groups excluding carboxylic acids is 1. The molecule has 2 rings (SSSR count). The van der Waals surface area contributed by atoms with Gasteiger partial charge >= 0.3 is 0 Å². The molecule has 1 aromatic heterocycles. The number of hydrogen-bond donors (Lipinski definition) is 1. The first kappa shape index (κ1) is 15.3. The van der Waals surface area contributed by atoms with Crippen LogP contribution in [0.3, 0.4) is 0 Å². The maximum Gasteiger partial charge on any atom is 0.255 e. The lowest BCUT2D eigenvalue weighted by Gasteiger charge is -2.09. The second kappa shape index (κ2) is 6.54. The van der Waals surface area contributed by atoms with Crippen LogP contribution in [0.1, 0.15) is 23.0 Å². The third kappa shape index (κ3) is 3.70. The normalized spacial score (nSPS) is 10.3. The molecular weight excluding hydrogens is 295 g/mol. The van der Waals surface area contributed by atoms with Crippen LogP contribution in [0.5, 0.6) is 5.75 Å². The minimum atomic E-state index is -0.542. The topological polar surface area (TPSA) is 51.2 Å². The third-order valence-corrected chi connectivity index (χ3v) is 3.09. The lowest BCUT2D eigenvalue weighted by Crippen LogP contribution is -2.14. The molecule has 2 aromatic rings. The molecule has 0 bridgehead atoms. The van der Waals surface area contributed by atoms with E-state index in [4.69, 9.17) is 16.3 Å². The van der Waals surface area contributed by atoms with Gasteiger partial charge in [-0.2, -0.15) is 0 Å². The third-order valence-electron chi connectivity index (χ3n) is 2.89. The summed E-state index contributed by atoms with van der Waals surface area (Å²) < 4.78 is 18.7. The molecule has 0 saturated carbocycles. The van der Waals surface area contributed by atoms with Crippen molar-refractivity contribution in [1.82, 2.24) is 4.98 Å². The average molecular weight is 309 g/mol.